The fraction of sp³-hybridized carbons (Fsp3) is 0.500. The first-order valence-corrected chi connectivity index (χ1v) is 6.59. The molecule has 1 saturated heterocycles. The van der Waals surface area contributed by atoms with E-state index >= 15 is 0 Å². The topological polar surface area (TPSA) is 47.9 Å². The fourth-order valence-electron chi connectivity index (χ4n) is 2.34. The van der Waals surface area contributed by atoms with Crippen molar-refractivity contribution < 1.29 is 13.2 Å². The first-order valence-electron chi connectivity index (χ1n) is 6.59. The van der Waals surface area contributed by atoms with E-state index in [2.05, 4.69) is 10.6 Å². The van der Waals surface area contributed by atoms with Gasteiger partial charge in [0, 0.05) is 18.3 Å². The highest BCUT2D eigenvalue weighted by Crippen LogP contribution is 2.33. The van der Waals surface area contributed by atoms with Gasteiger partial charge in [-0.05, 0) is 37.6 Å². The number of hydrogen-bond acceptors (Lipinski definition) is 3. The second-order valence-electron chi connectivity index (χ2n) is 4.91. The van der Waals surface area contributed by atoms with Gasteiger partial charge >= 0.3 is 6.18 Å². The minimum atomic E-state index is -4.51. The molecule has 1 aliphatic rings. The van der Waals surface area contributed by atoms with Crippen LogP contribution in [0.1, 0.15) is 30.4 Å². The molecule has 0 radical (unpaired) electrons. The van der Waals surface area contributed by atoms with E-state index in [9.17, 15) is 13.2 Å². The molecule has 20 heavy (non-hydrogen) atoms. The monoisotopic (exact) mass is 283 g/mol. The maximum atomic E-state index is 12.9. The molecular weight excluding hydrogens is 267 g/mol. The minimum Gasteiger partial charge on any atom is -0.381 e. The lowest BCUT2D eigenvalue weighted by atomic mass is 10.1. The van der Waals surface area contributed by atoms with Crippen molar-refractivity contribution in [2.45, 2.75) is 31.5 Å². The smallest absolute Gasteiger partial charge is 0.381 e. The van der Waals surface area contributed by atoms with Crippen molar-refractivity contribution >= 4 is 5.69 Å². The average Bonchev–Trinajstić information content (AvgIpc) is 2.66. The van der Waals surface area contributed by atoms with E-state index in [1.54, 1.807) is 6.07 Å². The van der Waals surface area contributed by atoms with Crippen LogP contribution in [0.2, 0.25) is 0 Å². The fourth-order valence-corrected chi connectivity index (χ4v) is 2.34. The Morgan fingerprint density at radius 2 is 2.10 bits per heavy atom. The number of hydrogen-bond donors (Lipinski definition) is 2. The number of rotatable bonds is 2. The molecule has 0 bridgehead atoms. The maximum absolute atomic E-state index is 12.9. The van der Waals surface area contributed by atoms with E-state index in [0.717, 1.165) is 38.4 Å². The van der Waals surface area contributed by atoms with Crippen LogP contribution in [0.15, 0.2) is 18.2 Å². The third-order valence-corrected chi connectivity index (χ3v) is 3.36. The molecular formula is C14H16F3N3. The SMILES string of the molecule is N#Cc1ccc(NC2CCCCNC2)cc1C(F)(F)F. The normalized spacial score (nSPS) is 20.0. The third kappa shape index (κ3) is 3.64. The predicted molar refractivity (Wildman–Crippen MR) is 70.3 cm³/mol. The first-order chi connectivity index (χ1) is 9.50. The molecule has 0 amide bonds. The van der Waals surface area contributed by atoms with E-state index in [-0.39, 0.29) is 11.6 Å². The van der Waals surface area contributed by atoms with E-state index in [1.165, 1.54) is 12.1 Å². The Morgan fingerprint density at radius 1 is 1.30 bits per heavy atom. The van der Waals surface area contributed by atoms with Crippen molar-refractivity contribution in [3.05, 3.63) is 29.3 Å². The van der Waals surface area contributed by atoms with Crippen LogP contribution in [0.3, 0.4) is 0 Å². The van der Waals surface area contributed by atoms with Crippen LogP contribution in [-0.4, -0.2) is 19.1 Å². The number of halogens is 3. The number of anilines is 1. The zero-order chi connectivity index (χ0) is 14.6. The number of alkyl halides is 3. The molecule has 1 aromatic carbocycles. The lowest BCUT2D eigenvalue weighted by Crippen LogP contribution is -2.31. The molecule has 1 fully saturated rings. The summed E-state index contributed by atoms with van der Waals surface area (Å²) in [5, 5.41) is 15.1. The van der Waals surface area contributed by atoms with Gasteiger partial charge < -0.3 is 10.6 Å². The summed E-state index contributed by atoms with van der Waals surface area (Å²) in [5.41, 5.74) is -0.821. The summed E-state index contributed by atoms with van der Waals surface area (Å²) >= 11 is 0. The number of benzene rings is 1. The van der Waals surface area contributed by atoms with Gasteiger partial charge in [0.05, 0.1) is 17.2 Å². The summed E-state index contributed by atoms with van der Waals surface area (Å²) in [4.78, 5) is 0. The summed E-state index contributed by atoms with van der Waals surface area (Å²) < 4.78 is 38.6. The van der Waals surface area contributed by atoms with Crippen molar-refractivity contribution in [3.8, 4) is 6.07 Å². The maximum Gasteiger partial charge on any atom is 0.417 e. The van der Waals surface area contributed by atoms with E-state index in [1.807, 2.05) is 0 Å². The second kappa shape index (κ2) is 6.14. The highest BCUT2D eigenvalue weighted by Gasteiger charge is 2.34. The predicted octanol–water partition coefficient (Wildman–Crippen LogP) is 3.13. The standard InChI is InChI=1S/C14H16F3N3/c15-14(16,17)13-7-11(5-4-10(13)8-18)20-12-3-1-2-6-19-9-12/h4-5,7,12,19-20H,1-3,6,9H2. The Labute approximate surface area is 115 Å². The molecule has 1 heterocycles. The van der Waals surface area contributed by atoms with Gasteiger partial charge in [0.15, 0.2) is 0 Å². The Bertz CT molecular complexity index is 497. The summed E-state index contributed by atoms with van der Waals surface area (Å²) in [6.45, 7) is 1.68. The molecule has 6 heteroatoms. The average molecular weight is 283 g/mol. The van der Waals surface area contributed by atoms with E-state index in [0.29, 0.717) is 5.69 Å². The molecule has 3 nitrogen and oxygen atoms in total. The van der Waals surface area contributed by atoms with Crippen molar-refractivity contribution in [3.63, 3.8) is 0 Å². The Morgan fingerprint density at radius 3 is 2.80 bits per heavy atom. The van der Waals surface area contributed by atoms with Crippen LogP contribution in [0, 0.1) is 11.3 Å². The van der Waals surface area contributed by atoms with Gasteiger partial charge in [-0.1, -0.05) is 6.42 Å². The van der Waals surface area contributed by atoms with Gasteiger partial charge in [-0.3, -0.25) is 0 Å². The van der Waals surface area contributed by atoms with Gasteiger partial charge in [-0.2, -0.15) is 18.4 Å². The van der Waals surface area contributed by atoms with Gasteiger partial charge in [-0.25, -0.2) is 0 Å². The Balaban J connectivity index is 2.18. The molecule has 0 spiro atoms. The van der Waals surface area contributed by atoms with Gasteiger partial charge in [0.1, 0.15) is 0 Å². The minimum absolute atomic E-state index is 0.117. The van der Waals surface area contributed by atoms with Gasteiger partial charge in [0.25, 0.3) is 0 Å². The Hall–Kier alpha value is -1.74. The highest BCUT2D eigenvalue weighted by atomic mass is 19.4. The van der Waals surface area contributed by atoms with Gasteiger partial charge in [0.2, 0.25) is 0 Å². The van der Waals surface area contributed by atoms with Crippen molar-refractivity contribution in [2.24, 2.45) is 0 Å². The largest absolute Gasteiger partial charge is 0.417 e. The number of nitrogens with zero attached hydrogens (tertiary/aromatic N) is 1. The van der Waals surface area contributed by atoms with E-state index in [4.69, 9.17) is 5.26 Å². The number of nitrogens with one attached hydrogen (secondary N) is 2. The van der Waals surface area contributed by atoms with Crippen molar-refractivity contribution in [2.75, 3.05) is 18.4 Å². The molecule has 0 aliphatic carbocycles. The molecule has 1 atom stereocenters. The molecule has 2 N–H and O–H groups in total. The second-order valence-corrected chi connectivity index (χ2v) is 4.91. The summed E-state index contributed by atoms with van der Waals surface area (Å²) in [5.74, 6) is 0. The number of nitriles is 1. The molecule has 1 unspecified atom stereocenters. The molecule has 0 saturated carbocycles. The van der Waals surface area contributed by atoms with Crippen LogP contribution in [-0.2, 0) is 6.18 Å². The quantitative estimate of drug-likeness (QED) is 0.876. The molecule has 108 valence electrons. The van der Waals surface area contributed by atoms with Crippen LogP contribution >= 0.6 is 0 Å². The van der Waals surface area contributed by atoms with Crippen molar-refractivity contribution in [1.29, 1.82) is 5.26 Å². The molecule has 0 aromatic heterocycles. The van der Waals surface area contributed by atoms with Crippen LogP contribution in [0.5, 0.6) is 0 Å². The highest BCUT2D eigenvalue weighted by molar-refractivity contribution is 5.53. The summed E-state index contributed by atoms with van der Waals surface area (Å²) in [6, 6.07) is 5.46. The summed E-state index contributed by atoms with van der Waals surface area (Å²) in [6.07, 6.45) is -1.45. The lowest BCUT2D eigenvalue weighted by molar-refractivity contribution is -0.137. The molecule has 1 aromatic rings. The Kier molecular flexibility index (Phi) is 4.50. The van der Waals surface area contributed by atoms with Crippen molar-refractivity contribution in [1.82, 2.24) is 5.32 Å². The zero-order valence-electron chi connectivity index (χ0n) is 10.9. The summed E-state index contributed by atoms with van der Waals surface area (Å²) in [7, 11) is 0. The third-order valence-electron chi connectivity index (χ3n) is 3.36. The molecule has 2 rings (SSSR count). The molecule has 1 aliphatic heterocycles. The first kappa shape index (κ1) is 14.7. The van der Waals surface area contributed by atoms with Gasteiger partial charge in [-0.15, -0.1) is 0 Å². The zero-order valence-corrected chi connectivity index (χ0v) is 10.9. The van der Waals surface area contributed by atoms with Crippen LogP contribution in [0.4, 0.5) is 18.9 Å². The lowest BCUT2D eigenvalue weighted by Gasteiger charge is -2.19. The van der Waals surface area contributed by atoms with E-state index < -0.39 is 11.7 Å². The van der Waals surface area contributed by atoms with Crippen LogP contribution in [0.25, 0.3) is 0 Å². The van der Waals surface area contributed by atoms with Crippen LogP contribution < -0.4 is 10.6 Å².